The van der Waals surface area contributed by atoms with Crippen molar-refractivity contribution in [2.45, 2.75) is 33.1 Å². The van der Waals surface area contributed by atoms with Crippen LogP contribution in [0.3, 0.4) is 0 Å². The number of esters is 1. The number of aryl methyl sites for hydroxylation is 2. The average molecular weight is 482 g/mol. The molecule has 4 heterocycles. The van der Waals surface area contributed by atoms with Crippen LogP contribution in [0, 0.1) is 19.8 Å². The van der Waals surface area contributed by atoms with Crippen molar-refractivity contribution in [3.63, 3.8) is 0 Å². The highest BCUT2D eigenvalue weighted by Gasteiger charge is 2.29. The molecule has 0 saturated carbocycles. The molecular formula is C25H27N3O5S. The maximum atomic E-state index is 12.7. The Labute approximate surface area is 201 Å². The number of anilines is 1. The number of rotatable bonds is 5. The van der Waals surface area contributed by atoms with Gasteiger partial charge in [0.25, 0.3) is 0 Å². The Morgan fingerprint density at radius 1 is 1.12 bits per heavy atom. The van der Waals surface area contributed by atoms with Crippen LogP contribution in [0.4, 0.5) is 5.82 Å². The van der Waals surface area contributed by atoms with Crippen LogP contribution in [0.15, 0.2) is 24.5 Å². The Hall–Kier alpha value is -3.20. The van der Waals surface area contributed by atoms with Gasteiger partial charge in [0.05, 0.1) is 24.5 Å². The summed E-state index contributed by atoms with van der Waals surface area (Å²) in [6.45, 7) is 6.47. The number of benzene rings is 1. The van der Waals surface area contributed by atoms with E-state index in [1.807, 2.05) is 0 Å². The lowest BCUT2D eigenvalue weighted by molar-refractivity contribution is -0.148. The molecule has 1 aromatic carbocycles. The zero-order valence-corrected chi connectivity index (χ0v) is 20.2. The maximum Gasteiger partial charge on any atom is 0.309 e. The van der Waals surface area contributed by atoms with Crippen LogP contribution < -0.4 is 14.4 Å². The fraction of sp³-hybridized carbons (Fsp3) is 0.440. The first kappa shape index (κ1) is 22.6. The van der Waals surface area contributed by atoms with Crippen LogP contribution in [0.2, 0.25) is 0 Å². The summed E-state index contributed by atoms with van der Waals surface area (Å²) in [6.07, 6.45) is 3.72. The highest BCUT2D eigenvalue weighted by Crippen LogP contribution is 2.36. The monoisotopic (exact) mass is 481 g/mol. The van der Waals surface area contributed by atoms with Gasteiger partial charge in [-0.2, -0.15) is 0 Å². The average Bonchev–Trinajstić information content (AvgIpc) is 3.02. The third kappa shape index (κ3) is 4.44. The van der Waals surface area contributed by atoms with Gasteiger partial charge in [-0.25, -0.2) is 9.97 Å². The fourth-order valence-electron chi connectivity index (χ4n) is 4.41. The number of aromatic nitrogens is 2. The van der Waals surface area contributed by atoms with Gasteiger partial charge in [0.15, 0.2) is 23.9 Å². The quantitative estimate of drug-likeness (QED) is 0.397. The molecule has 2 aromatic heterocycles. The molecule has 8 nitrogen and oxygen atoms in total. The van der Waals surface area contributed by atoms with Crippen LogP contribution in [-0.4, -0.2) is 54.6 Å². The molecule has 0 bridgehead atoms. The number of ketones is 1. The number of nitrogens with zero attached hydrogens (tertiary/aromatic N) is 3. The largest absolute Gasteiger partial charge is 0.490 e. The molecule has 2 aliphatic rings. The van der Waals surface area contributed by atoms with Crippen molar-refractivity contribution in [3.8, 4) is 11.5 Å². The standard InChI is InChI=1S/C25H27N3O5S/c1-15-16(2)34-24-22(15)23(26-14-27-24)28-8-6-17(7-9-28)25(30)33-13-19(29)18-4-5-20-21(12-18)32-11-3-10-31-20/h4-5,12,14,17H,3,6-11,13H2,1-2H3. The molecule has 3 aromatic rings. The molecule has 34 heavy (non-hydrogen) atoms. The Bertz CT molecular complexity index is 1230. The molecule has 178 valence electrons. The van der Waals surface area contributed by atoms with Gasteiger partial charge in [-0.1, -0.05) is 0 Å². The number of thiophene rings is 1. The topological polar surface area (TPSA) is 90.9 Å². The van der Waals surface area contributed by atoms with Crippen molar-refractivity contribution < 1.29 is 23.8 Å². The molecule has 0 radical (unpaired) electrons. The molecule has 5 rings (SSSR count). The molecule has 0 aliphatic carbocycles. The van der Waals surface area contributed by atoms with Crippen molar-refractivity contribution in [3.05, 3.63) is 40.5 Å². The van der Waals surface area contributed by atoms with E-state index in [0.717, 1.165) is 22.5 Å². The number of Topliss-reactive ketones (excluding diaryl/α,β-unsaturated/α-hetero) is 1. The highest BCUT2D eigenvalue weighted by molar-refractivity contribution is 7.18. The molecule has 2 aliphatic heterocycles. The Balaban J connectivity index is 1.17. The van der Waals surface area contributed by atoms with Gasteiger partial charge in [-0.3, -0.25) is 9.59 Å². The molecule has 1 fully saturated rings. The summed E-state index contributed by atoms with van der Waals surface area (Å²) in [7, 11) is 0. The SMILES string of the molecule is Cc1sc2ncnc(N3CCC(C(=O)OCC(=O)c4ccc5c(c4)OCCCO5)CC3)c2c1C. The van der Waals surface area contributed by atoms with Gasteiger partial charge in [0, 0.05) is 30.0 Å². The molecular weight excluding hydrogens is 454 g/mol. The second-order valence-electron chi connectivity index (χ2n) is 8.66. The lowest BCUT2D eigenvalue weighted by atomic mass is 9.96. The van der Waals surface area contributed by atoms with Crippen LogP contribution in [0.5, 0.6) is 11.5 Å². The normalized spacial score (nSPS) is 16.4. The van der Waals surface area contributed by atoms with E-state index in [9.17, 15) is 9.59 Å². The number of hydrogen-bond donors (Lipinski definition) is 0. The number of fused-ring (bicyclic) bond motifs is 2. The van der Waals surface area contributed by atoms with Crippen molar-refractivity contribution in [1.82, 2.24) is 9.97 Å². The number of carbonyl (C=O) groups excluding carboxylic acids is 2. The Morgan fingerprint density at radius 2 is 1.88 bits per heavy atom. The van der Waals surface area contributed by atoms with E-state index < -0.39 is 0 Å². The van der Waals surface area contributed by atoms with Crippen molar-refractivity contribution >= 4 is 39.1 Å². The van der Waals surface area contributed by atoms with Crippen LogP contribution >= 0.6 is 11.3 Å². The van der Waals surface area contributed by atoms with Crippen molar-refractivity contribution in [2.75, 3.05) is 37.8 Å². The molecule has 0 unspecified atom stereocenters. The predicted octanol–water partition coefficient (Wildman–Crippen LogP) is 4.11. The summed E-state index contributed by atoms with van der Waals surface area (Å²) < 4.78 is 16.6. The smallest absolute Gasteiger partial charge is 0.309 e. The van der Waals surface area contributed by atoms with E-state index in [2.05, 4.69) is 28.7 Å². The summed E-state index contributed by atoms with van der Waals surface area (Å²) in [5.74, 6) is 1.31. The third-order valence-electron chi connectivity index (χ3n) is 6.49. The molecule has 0 spiro atoms. The Kier molecular flexibility index (Phi) is 6.36. The molecule has 0 N–H and O–H groups in total. The number of piperidine rings is 1. The fourth-order valence-corrected chi connectivity index (χ4v) is 5.40. The first-order valence-electron chi connectivity index (χ1n) is 11.6. The second-order valence-corrected chi connectivity index (χ2v) is 9.87. The summed E-state index contributed by atoms with van der Waals surface area (Å²) in [4.78, 5) is 38.7. The van der Waals surface area contributed by atoms with E-state index in [0.29, 0.717) is 56.2 Å². The zero-order chi connectivity index (χ0) is 23.7. The summed E-state index contributed by atoms with van der Waals surface area (Å²) in [5.41, 5.74) is 1.66. The van der Waals surface area contributed by atoms with E-state index in [4.69, 9.17) is 14.2 Å². The van der Waals surface area contributed by atoms with Gasteiger partial charge >= 0.3 is 5.97 Å². The van der Waals surface area contributed by atoms with Crippen molar-refractivity contribution in [1.29, 1.82) is 0 Å². The van der Waals surface area contributed by atoms with Crippen LogP contribution in [-0.2, 0) is 9.53 Å². The first-order chi connectivity index (χ1) is 16.5. The summed E-state index contributed by atoms with van der Waals surface area (Å²) in [5, 5.41) is 1.10. The van der Waals surface area contributed by atoms with Gasteiger partial charge in [-0.15, -0.1) is 11.3 Å². The van der Waals surface area contributed by atoms with Gasteiger partial charge in [0.1, 0.15) is 17.0 Å². The first-order valence-corrected chi connectivity index (χ1v) is 12.4. The number of ether oxygens (including phenoxy) is 3. The van der Waals surface area contributed by atoms with Crippen molar-refractivity contribution in [2.24, 2.45) is 5.92 Å². The molecule has 0 atom stereocenters. The molecule has 1 saturated heterocycles. The maximum absolute atomic E-state index is 12.7. The second kappa shape index (κ2) is 9.58. The minimum absolute atomic E-state index is 0.226. The lowest BCUT2D eigenvalue weighted by Crippen LogP contribution is -2.37. The summed E-state index contributed by atoms with van der Waals surface area (Å²) >= 11 is 1.68. The molecule has 9 heteroatoms. The lowest BCUT2D eigenvalue weighted by Gasteiger charge is -2.32. The number of hydrogen-bond acceptors (Lipinski definition) is 9. The van der Waals surface area contributed by atoms with E-state index in [-0.39, 0.29) is 24.3 Å². The molecule has 0 amide bonds. The highest BCUT2D eigenvalue weighted by atomic mass is 32.1. The Morgan fingerprint density at radius 3 is 2.68 bits per heavy atom. The van der Waals surface area contributed by atoms with E-state index >= 15 is 0 Å². The van der Waals surface area contributed by atoms with Gasteiger partial charge in [0.2, 0.25) is 0 Å². The van der Waals surface area contributed by atoms with E-state index in [1.54, 1.807) is 35.9 Å². The van der Waals surface area contributed by atoms with Crippen LogP contribution in [0.1, 0.15) is 40.1 Å². The predicted molar refractivity (Wildman–Crippen MR) is 129 cm³/mol. The minimum Gasteiger partial charge on any atom is -0.490 e. The van der Waals surface area contributed by atoms with E-state index in [1.165, 1.54) is 10.4 Å². The van der Waals surface area contributed by atoms with Gasteiger partial charge in [-0.05, 0) is 50.5 Å². The minimum atomic E-state index is -0.322. The van der Waals surface area contributed by atoms with Crippen LogP contribution in [0.25, 0.3) is 10.2 Å². The van der Waals surface area contributed by atoms with Gasteiger partial charge < -0.3 is 19.1 Å². The number of carbonyl (C=O) groups is 2. The third-order valence-corrected chi connectivity index (χ3v) is 7.60. The summed E-state index contributed by atoms with van der Waals surface area (Å²) in [6, 6.07) is 5.07. The zero-order valence-electron chi connectivity index (χ0n) is 19.3.